The zero-order valence-electron chi connectivity index (χ0n) is 20.2. The summed E-state index contributed by atoms with van der Waals surface area (Å²) >= 11 is 2.55. The van der Waals surface area contributed by atoms with E-state index in [1.807, 2.05) is 0 Å². The number of amides is 2. The molecule has 0 unspecified atom stereocenters. The predicted octanol–water partition coefficient (Wildman–Crippen LogP) is 5.08. The van der Waals surface area contributed by atoms with Crippen LogP contribution in [-0.4, -0.2) is 46.2 Å². The first-order valence-electron chi connectivity index (χ1n) is 11.5. The quantitative estimate of drug-likeness (QED) is 0.184. The molecule has 0 saturated heterocycles. The van der Waals surface area contributed by atoms with Crippen LogP contribution in [0.15, 0.2) is 70.9 Å². The van der Waals surface area contributed by atoms with E-state index in [-0.39, 0.29) is 35.2 Å². The van der Waals surface area contributed by atoms with Crippen molar-refractivity contribution in [2.75, 3.05) is 23.0 Å². The minimum absolute atomic E-state index is 0.0546. The topological polar surface area (TPSA) is 135 Å². The van der Waals surface area contributed by atoms with Crippen molar-refractivity contribution in [1.29, 1.82) is 0 Å². The number of nitrogens with one attached hydrogen (secondary N) is 2. The van der Waals surface area contributed by atoms with Gasteiger partial charge in [0.15, 0.2) is 5.13 Å². The highest BCUT2D eigenvalue weighted by Gasteiger charge is 2.17. The van der Waals surface area contributed by atoms with Crippen molar-refractivity contribution in [3.63, 3.8) is 0 Å². The van der Waals surface area contributed by atoms with Gasteiger partial charge in [0.05, 0.1) is 30.0 Å². The molecular formula is C27H23N3O6S2. The monoisotopic (exact) mass is 549 g/mol. The summed E-state index contributed by atoms with van der Waals surface area (Å²) in [5.74, 6) is -1.99. The molecule has 0 aliphatic heterocycles. The number of aromatic nitrogens is 1. The lowest BCUT2D eigenvalue weighted by molar-refractivity contribution is -0.142. The number of fused-ring (bicyclic) bond motifs is 1. The summed E-state index contributed by atoms with van der Waals surface area (Å²) in [5, 5.41) is 18.2. The molecule has 2 amide bonds. The number of benzene rings is 3. The smallest absolute Gasteiger partial charge is 0.336 e. The summed E-state index contributed by atoms with van der Waals surface area (Å²) < 4.78 is 4.90. The summed E-state index contributed by atoms with van der Waals surface area (Å²) in [6.45, 7) is 2.03. The third kappa shape index (κ3) is 6.75. The molecule has 0 saturated carbocycles. The Labute approximate surface area is 226 Å². The molecule has 38 heavy (non-hydrogen) atoms. The molecule has 11 heteroatoms. The van der Waals surface area contributed by atoms with Crippen LogP contribution in [-0.2, 0) is 20.7 Å². The third-order valence-electron chi connectivity index (χ3n) is 5.29. The minimum Gasteiger partial charge on any atom is -0.478 e. The zero-order valence-corrected chi connectivity index (χ0v) is 21.9. The fourth-order valence-corrected chi connectivity index (χ4v) is 5.08. The van der Waals surface area contributed by atoms with Crippen molar-refractivity contribution in [2.24, 2.45) is 0 Å². The number of carbonyl (C=O) groups excluding carboxylic acids is 3. The SMILES string of the molecule is CCOC(=O)Cc1csc(NC(=O)CSc2ccc(NC(=O)c3cccc4cccc(C(=O)O)c34)cc2)n1. The maximum atomic E-state index is 13.0. The molecule has 4 aromatic rings. The number of aromatic carboxylic acids is 1. The molecule has 0 radical (unpaired) electrons. The second-order valence-corrected chi connectivity index (χ2v) is 9.86. The molecule has 1 heterocycles. The number of nitrogens with zero attached hydrogens (tertiary/aromatic N) is 1. The van der Waals surface area contributed by atoms with Crippen LogP contribution in [0, 0.1) is 0 Å². The van der Waals surface area contributed by atoms with Crippen molar-refractivity contribution in [1.82, 2.24) is 4.98 Å². The third-order valence-corrected chi connectivity index (χ3v) is 7.11. The molecular weight excluding hydrogens is 526 g/mol. The Morgan fingerprint density at radius 3 is 2.37 bits per heavy atom. The van der Waals surface area contributed by atoms with E-state index in [4.69, 9.17) is 4.74 Å². The Hall–Kier alpha value is -4.22. The van der Waals surface area contributed by atoms with Crippen LogP contribution >= 0.6 is 23.1 Å². The molecule has 0 spiro atoms. The molecule has 0 fully saturated rings. The van der Waals surface area contributed by atoms with Crippen LogP contribution in [0.1, 0.15) is 33.3 Å². The van der Waals surface area contributed by atoms with Crippen LogP contribution in [0.2, 0.25) is 0 Å². The standard InChI is InChI=1S/C27H23N3O6S2/c1-2-36-23(32)13-18-14-38-27(29-18)30-22(31)15-37-19-11-9-17(10-12-19)28-25(33)20-7-3-5-16-6-4-8-21(24(16)20)26(34)35/h3-12,14H,2,13,15H2,1H3,(H,28,33)(H,34,35)(H,29,30,31). The molecule has 9 nitrogen and oxygen atoms in total. The first-order chi connectivity index (χ1) is 18.3. The van der Waals surface area contributed by atoms with E-state index in [2.05, 4.69) is 15.6 Å². The Kier molecular flexibility index (Phi) is 8.72. The number of ether oxygens (including phenoxy) is 1. The number of carboxylic acid groups (broad SMARTS) is 1. The Morgan fingerprint density at radius 2 is 1.68 bits per heavy atom. The lowest BCUT2D eigenvalue weighted by atomic mass is 9.98. The fourth-order valence-electron chi connectivity index (χ4n) is 3.65. The van der Waals surface area contributed by atoms with Gasteiger partial charge in [-0.05, 0) is 48.7 Å². The number of hydrogen-bond donors (Lipinski definition) is 3. The number of esters is 1. The van der Waals surface area contributed by atoms with E-state index >= 15 is 0 Å². The van der Waals surface area contributed by atoms with Crippen LogP contribution in [0.5, 0.6) is 0 Å². The van der Waals surface area contributed by atoms with Gasteiger partial charge < -0.3 is 20.5 Å². The highest BCUT2D eigenvalue weighted by Crippen LogP contribution is 2.26. The van der Waals surface area contributed by atoms with Crippen molar-refractivity contribution in [3.05, 3.63) is 82.9 Å². The van der Waals surface area contributed by atoms with E-state index in [0.29, 0.717) is 33.9 Å². The summed E-state index contributed by atoms with van der Waals surface area (Å²) in [6, 6.07) is 16.9. The largest absolute Gasteiger partial charge is 0.478 e. The number of thiazole rings is 1. The Morgan fingerprint density at radius 1 is 0.974 bits per heavy atom. The molecule has 3 aromatic carbocycles. The molecule has 4 rings (SSSR count). The Bertz CT molecular complexity index is 1500. The van der Waals surface area contributed by atoms with Gasteiger partial charge in [-0.1, -0.05) is 24.3 Å². The molecule has 194 valence electrons. The van der Waals surface area contributed by atoms with Crippen molar-refractivity contribution in [2.45, 2.75) is 18.2 Å². The summed E-state index contributed by atoms with van der Waals surface area (Å²) in [4.78, 5) is 53.6. The molecule has 0 aliphatic rings. The van der Waals surface area contributed by atoms with Crippen LogP contribution in [0.3, 0.4) is 0 Å². The summed E-state index contributed by atoms with van der Waals surface area (Å²) in [7, 11) is 0. The fraction of sp³-hybridized carbons (Fsp3) is 0.148. The average Bonchev–Trinajstić information content (AvgIpc) is 3.33. The average molecular weight is 550 g/mol. The molecule has 0 atom stereocenters. The van der Waals surface area contributed by atoms with Crippen LogP contribution in [0.25, 0.3) is 10.8 Å². The van der Waals surface area contributed by atoms with Crippen molar-refractivity contribution < 1.29 is 29.0 Å². The van der Waals surface area contributed by atoms with Gasteiger partial charge in [0, 0.05) is 26.9 Å². The highest BCUT2D eigenvalue weighted by atomic mass is 32.2. The Balaban J connectivity index is 1.33. The molecule has 3 N–H and O–H groups in total. The van der Waals surface area contributed by atoms with Crippen molar-refractivity contribution in [3.8, 4) is 0 Å². The lowest BCUT2D eigenvalue weighted by Gasteiger charge is -2.11. The van der Waals surface area contributed by atoms with E-state index in [1.54, 1.807) is 66.9 Å². The normalized spacial score (nSPS) is 10.7. The molecule has 1 aromatic heterocycles. The van der Waals surface area contributed by atoms with Gasteiger partial charge in [-0.2, -0.15) is 0 Å². The van der Waals surface area contributed by atoms with Gasteiger partial charge in [-0.25, -0.2) is 9.78 Å². The first-order valence-corrected chi connectivity index (χ1v) is 13.4. The minimum atomic E-state index is -1.10. The van der Waals surface area contributed by atoms with Gasteiger partial charge in [0.25, 0.3) is 5.91 Å². The van der Waals surface area contributed by atoms with Crippen LogP contribution in [0.4, 0.5) is 10.8 Å². The van der Waals surface area contributed by atoms with E-state index < -0.39 is 11.9 Å². The number of hydrogen-bond acceptors (Lipinski definition) is 8. The zero-order chi connectivity index (χ0) is 27.1. The second kappa shape index (κ2) is 12.3. The maximum Gasteiger partial charge on any atom is 0.336 e. The number of anilines is 2. The van der Waals surface area contributed by atoms with Crippen LogP contribution < -0.4 is 10.6 Å². The summed E-state index contributed by atoms with van der Waals surface area (Å²) in [5.41, 5.74) is 1.40. The van der Waals surface area contributed by atoms with E-state index in [9.17, 15) is 24.3 Å². The second-order valence-electron chi connectivity index (χ2n) is 7.96. The van der Waals surface area contributed by atoms with Gasteiger partial charge in [0.1, 0.15) is 0 Å². The van der Waals surface area contributed by atoms with E-state index in [1.165, 1.54) is 29.2 Å². The lowest BCUT2D eigenvalue weighted by Crippen LogP contribution is -2.14. The van der Waals surface area contributed by atoms with Crippen molar-refractivity contribution >= 4 is 68.4 Å². The van der Waals surface area contributed by atoms with Gasteiger partial charge in [0.2, 0.25) is 5.91 Å². The highest BCUT2D eigenvalue weighted by molar-refractivity contribution is 8.00. The van der Waals surface area contributed by atoms with Gasteiger partial charge in [-0.3, -0.25) is 14.4 Å². The number of carboxylic acids is 1. The molecule has 0 bridgehead atoms. The number of thioether (sulfide) groups is 1. The first kappa shape index (κ1) is 26.8. The predicted molar refractivity (Wildman–Crippen MR) is 147 cm³/mol. The summed E-state index contributed by atoms with van der Waals surface area (Å²) in [6.07, 6.45) is 0.0546. The number of rotatable bonds is 10. The van der Waals surface area contributed by atoms with E-state index in [0.717, 1.165) is 4.90 Å². The maximum absolute atomic E-state index is 13.0. The molecule has 0 aliphatic carbocycles. The number of carbonyl (C=O) groups is 4. The van der Waals surface area contributed by atoms with Gasteiger partial charge >= 0.3 is 11.9 Å². The van der Waals surface area contributed by atoms with Gasteiger partial charge in [-0.15, -0.1) is 23.1 Å².